The summed E-state index contributed by atoms with van der Waals surface area (Å²) < 4.78 is 5.39. The molecule has 30 heavy (non-hydrogen) atoms. The van der Waals surface area contributed by atoms with Gasteiger partial charge in [-0.05, 0) is 35.9 Å². The molecule has 150 valence electrons. The zero-order chi connectivity index (χ0) is 20.8. The van der Waals surface area contributed by atoms with Crippen LogP contribution >= 0.6 is 0 Å². The number of benzene rings is 3. The third-order valence-electron chi connectivity index (χ3n) is 4.84. The fourth-order valence-electron chi connectivity index (χ4n) is 3.19. The quantitative estimate of drug-likeness (QED) is 0.238. The number of nitrogens with zero attached hydrogens (tertiary/aromatic N) is 2. The molecule has 0 saturated heterocycles. The zero-order valence-electron chi connectivity index (χ0n) is 16.7. The molecule has 5 heteroatoms. The van der Waals surface area contributed by atoms with Crippen molar-refractivity contribution >= 4 is 33.9 Å². The van der Waals surface area contributed by atoms with Crippen LogP contribution in [0.1, 0.15) is 29.3 Å². The Balaban J connectivity index is 1.27. The van der Waals surface area contributed by atoms with Gasteiger partial charge in [-0.15, -0.1) is 0 Å². The summed E-state index contributed by atoms with van der Waals surface area (Å²) in [7, 11) is 0. The summed E-state index contributed by atoms with van der Waals surface area (Å²) in [4.78, 5) is 22.2. The lowest BCUT2D eigenvalue weighted by molar-refractivity contribution is 0.0293. The summed E-state index contributed by atoms with van der Waals surface area (Å²) in [6.45, 7) is 2.15. The van der Waals surface area contributed by atoms with E-state index in [-0.39, 0.29) is 18.7 Å². The molecule has 0 aliphatic rings. The van der Waals surface area contributed by atoms with E-state index in [1.54, 1.807) is 18.5 Å². The van der Waals surface area contributed by atoms with Crippen LogP contribution < -0.4 is 0 Å². The van der Waals surface area contributed by atoms with Gasteiger partial charge in [0.2, 0.25) is 0 Å². The average Bonchev–Trinajstić information content (AvgIpc) is 2.79. The maximum absolute atomic E-state index is 12.3. The summed E-state index contributed by atoms with van der Waals surface area (Å²) in [5, 5.41) is 7.23. The number of aromatic nitrogens is 1. The van der Waals surface area contributed by atoms with Crippen molar-refractivity contribution in [1.82, 2.24) is 4.98 Å². The summed E-state index contributed by atoms with van der Waals surface area (Å²) in [5.74, 6) is -0.335. The van der Waals surface area contributed by atoms with Crippen molar-refractivity contribution in [3.8, 4) is 0 Å². The molecule has 0 radical (unpaired) electrons. The van der Waals surface area contributed by atoms with Gasteiger partial charge in [-0.2, -0.15) is 0 Å². The highest BCUT2D eigenvalue weighted by molar-refractivity contribution is 5.97. The van der Waals surface area contributed by atoms with Crippen molar-refractivity contribution in [2.75, 3.05) is 6.61 Å². The van der Waals surface area contributed by atoms with Crippen molar-refractivity contribution in [3.05, 3.63) is 90.1 Å². The maximum atomic E-state index is 12.3. The smallest absolute Gasteiger partial charge is 0.338 e. The van der Waals surface area contributed by atoms with Gasteiger partial charge in [-0.1, -0.05) is 59.8 Å². The third kappa shape index (κ3) is 4.63. The van der Waals surface area contributed by atoms with E-state index in [1.165, 1.54) is 0 Å². The molecule has 0 aliphatic heterocycles. The fourth-order valence-corrected chi connectivity index (χ4v) is 3.19. The monoisotopic (exact) mass is 398 g/mol. The lowest BCUT2D eigenvalue weighted by atomic mass is 10.1. The van der Waals surface area contributed by atoms with Gasteiger partial charge in [-0.25, -0.2) is 4.79 Å². The Bertz CT molecular complexity index is 1200. The number of carbonyl (C=O) groups is 1. The number of carbonyl (C=O) groups excluding carboxylic acids is 1. The minimum atomic E-state index is -0.335. The van der Waals surface area contributed by atoms with Crippen LogP contribution in [-0.4, -0.2) is 29.9 Å². The van der Waals surface area contributed by atoms with Crippen molar-refractivity contribution in [1.29, 1.82) is 0 Å². The van der Waals surface area contributed by atoms with Crippen LogP contribution in [0.15, 0.2) is 84.1 Å². The molecular formula is C25H22N2O3. The van der Waals surface area contributed by atoms with Crippen LogP contribution in [0.2, 0.25) is 0 Å². The van der Waals surface area contributed by atoms with E-state index >= 15 is 0 Å². The molecule has 1 heterocycles. The van der Waals surface area contributed by atoms with Gasteiger partial charge in [0.15, 0.2) is 0 Å². The lowest BCUT2D eigenvalue weighted by Gasteiger charge is -2.10. The first-order chi connectivity index (χ1) is 14.7. The minimum Gasteiger partial charge on any atom is -0.462 e. The van der Waals surface area contributed by atoms with E-state index in [4.69, 9.17) is 9.57 Å². The molecule has 4 rings (SSSR count). The molecule has 0 amide bonds. The van der Waals surface area contributed by atoms with Gasteiger partial charge in [0.25, 0.3) is 0 Å². The number of pyridine rings is 1. The van der Waals surface area contributed by atoms with Crippen LogP contribution in [-0.2, 0) is 9.57 Å². The Hall–Kier alpha value is -3.73. The number of para-hydroxylation sites is 1. The summed E-state index contributed by atoms with van der Waals surface area (Å²) in [6, 6.07) is 23.3. The van der Waals surface area contributed by atoms with Crippen LogP contribution in [0.4, 0.5) is 0 Å². The number of fused-ring (bicyclic) bond motifs is 2. The minimum absolute atomic E-state index is 0.186. The molecule has 1 atom stereocenters. The summed E-state index contributed by atoms with van der Waals surface area (Å²) in [5.41, 5.74) is 2.32. The average molecular weight is 398 g/mol. The molecule has 1 aromatic heterocycles. The number of ether oxygens (including phenoxy) is 1. The molecular weight excluding hydrogens is 376 g/mol. The first-order valence-corrected chi connectivity index (χ1v) is 9.89. The number of esters is 1. The largest absolute Gasteiger partial charge is 0.462 e. The van der Waals surface area contributed by atoms with Crippen LogP contribution in [0, 0.1) is 0 Å². The predicted octanol–water partition coefficient (Wildman–Crippen LogP) is 5.37. The number of oxime groups is 1. The standard InChI is InChI=1S/C25H22N2O3/c1-18(30-27-17-23-9-4-8-20-10-5-14-26-24(20)23)13-15-29-25(28)22-12-11-19-6-2-3-7-21(19)16-22/h2-12,14,16-18H,13,15H2,1H3/b27-17+. The van der Waals surface area contributed by atoms with E-state index in [1.807, 2.05) is 73.7 Å². The molecule has 5 nitrogen and oxygen atoms in total. The second kappa shape index (κ2) is 9.18. The highest BCUT2D eigenvalue weighted by Gasteiger charge is 2.10. The predicted molar refractivity (Wildman–Crippen MR) is 119 cm³/mol. The van der Waals surface area contributed by atoms with Gasteiger partial charge in [0, 0.05) is 23.6 Å². The first kappa shape index (κ1) is 19.6. The van der Waals surface area contributed by atoms with Gasteiger partial charge >= 0.3 is 5.97 Å². The highest BCUT2D eigenvalue weighted by Crippen LogP contribution is 2.17. The van der Waals surface area contributed by atoms with Gasteiger partial charge < -0.3 is 9.57 Å². The Kier molecular flexibility index (Phi) is 5.99. The van der Waals surface area contributed by atoms with Crippen molar-refractivity contribution in [2.45, 2.75) is 19.4 Å². The first-order valence-electron chi connectivity index (χ1n) is 9.89. The molecule has 0 fully saturated rings. The second-order valence-electron chi connectivity index (χ2n) is 7.06. The molecule has 0 spiro atoms. The molecule has 3 aromatic carbocycles. The molecule has 1 unspecified atom stereocenters. The molecule has 0 N–H and O–H groups in total. The van der Waals surface area contributed by atoms with Crippen LogP contribution in [0.5, 0.6) is 0 Å². The Morgan fingerprint density at radius 3 is 2.70 bits per heavy atom. The zero-order valence-corrected chi connectivity index (χ0v) is 16.7. The molecule has 4 aromatic rings. The normalized spacial score (nSPS) is 12.3. The maximum Gasteiger partial charge on any atom is 0.338 e. The lowest BCUT2D eigenvalue weighted by Crippen LogP contribution is -2.12. The van der Waals surface area contributed by atoms with Gasteiger partial charge in [-0.3, -0.25) is 4.98 Å². The second-order valence-corrected chi connectivity index (χ2v) is 7.06. The van der Waals surface area contributed by atoms with Crippen LogP contribution in [0.25, 0.3) is 21.7 Å². The van der Waals surface area contributed by atoms with Gasteiger partial charge in [0.1, 0.15) is 6.10 Å². The Labute approximate surface area is 174 Å². The highest BCUT2D eigenvalue weighted by atomic mass is 16.6. The van der Waals surface area contributed by atoms with Crippen LogP contribution in [0.3, 0.4) is 0 Å². The van der Waals surface area contributed by atoms with E-state index in [2.05, 4.69) is 10.1 Å². The Morgan fingerprint density at radius 1 is 1.00 bits per heavy atom. The molecule has 0 saturated carbocycles. The van der Waals surface area contributed by atoms with E-state index in [0.29, 0.717) is 12.0 Å². The SMILES string of the molecule is CC(CCOC(=O)c1ccc2ccccc2c1)O/N=C/c1cccc2cccnc12. The summed E-state index contributed by atoms with van der Waals surface area (Å²) >= 11 is 0. The van der Waals surface area contributed by atoms with Crippen molar-refractivity contribution in [2.24, 2.45) is 5.16 Å². The van der Waals surface area contributed by atoms with Crippen molar-refractivity contribution in [3.63, 3.8) is 0 Å². The molecule has 0 aliphatic carbocycles. The van der Waals surface area contributed by atoms with E-state index < -0.39 is 0 Å². The van der Waals surface area contributed by atoms with E-state index in [9.17, 15) is 4.79 Å². The van der Waals surface area contributed by atoms with E-state index in [0.717, 1.165) is 27.2 Å². The number of hydrogen-bond donors (Lipinski definition) is 0. The number of hydrogen-bond acceptors (Lipinski definition) is 5. The third-order valence-corrected chi connectivity index (χ3v) is 4.84. The van der Waals surface area contributed by atoms with Crippen molar-refractivity contribution < 1.29 is 14.4 Å². The Morgan fingerprint density at radius 2 is 1.80 bits per heavy atom. The fraction of sp³-hybridized carbons (Fsp3) is 0.160. The van der Waals surface area contributed by atoms with Gasteiger partial charge in [0.05, 0.1) is 23.9 Å². The summed E-state index contributed by atoms with van der Waals surface area (Å²) in [6.07, 6.45) is 3.78. The number of rotatable bonds is 7. The topological polar surface area (TPSA) is 60.8 Å². The molecule has 0 bridgehead atoms.